The third kappa shape index (κ3) is 4.33. The number of nitrogens with one attached hydrogen (secondary N) is 1. The number of hydrogen-bond donors (Lipinski definition) is 3. The van der Waals surface area contributed by atoms with E-state index in [2.05, 4.69) is 5.32 Å². The number of nitrogen functional groups attached to an aromatic ring is 1. The smallest absolute Gasteiger partial charge is 0.254 e. The summed E-state index contributed by atoms with van der Waals surface area (Å²) in [5.74, 6) is -0.869. The lowest BCUT2D eigenvalue weighted by atomic mass is 10.1. The molecule has 0 radical (unpaired) electrons. The van der Waals surface area contributed by atoms with Crippen molar-refractivity contribution in [1.29, 1.82) is 0 Å². The average molecular weight is 254 g/mol. The fourth-order valence-electron chi connectivity index (χ4n) is 1.65. The molecule has 0 bridgehead atoms. The summed E-state index contributed by atoms with van der Waals surface area (Å²) in [6, 6.07) is 3.89. The number of nitrogens with two attached hydrogens (primary N) is 1. The summed E-state index contributed by atoms with van der Waals surface area (Å²) in [7, 11) is 0. The van der Waals surface area contributed by atoms with Gasteiger partial charge in [0.25, 0.3) is 5.91 Å². The van der Waals surface area contributed by atoms with Gasteiger partial charge in [0.15, 0.2) is 0 Å². The van der Waals surface area contributed by atoms with Crippen molar-refractivity contribution in [2.45, 2.75) is 26.4 Å². The van der Waals surface area contributed by atoms with E-state index in [-0.39, 0.29) is 17.8 Å². The molecule has 4 nitrogen and oxygen atoms in total. The van der Waals surface area contributed by atoms with Gasteiger partial charge in [-0.15, -0.1) is 0 Å². The summed E-state index contributed by atoms with van der Waals surface area (Å²) in [5.41, 5.74) is 5.59. The first kappa shape index (κ1) is 14.4. The lowest BCUT2D eigenvalue weighted by molar-refractivity contribution is 0.0896. The molecular weight excluding hydrogens is 235 g/mol. The Morgan fingerprint density at radius 3 is 2.72 bits per heavy atom. The Kier molecular flexibility index (Phi) is 5.09. The van der Waals surface area contributed by atoms with Gasteiger partial charge in [0.05, 0.1) is 11.7 Å². The van der Waals surface area contributed by atoms with Crippen molar-refractivity contribution < 1.29 is 14.3 Å². The van der Waals surface area contributed by atoms with Gasteiger partial charge in [0.1, 0.15) is 5.82 Å². The Morgan fingerprint density at radius 1 is 1.50 bits per heavy atom. The molecule has 0 heterocycles. The number of hydrogen-bond acceptors (Lipinski definition) is 3. The van der Waals surface area contributed by atoms with Crippen LogP contribution in [0.15, 0.2) is 18.2 Å². The quantitative estimate of drug-likeness (QED) is 0.698. The van der Waals surface area contributed by atoms with Gasteiger partial charge in [-0.2, -0.15) is 0 Å². The number of anilines is 1. The zero-order valence-corrected chi connectivity index (χ0v) is 10.6. The SMILES string of the molecule is CC(C)CC(O)CNC(=O)c1ccc(N)cc1F. The summed E-state index contributed by atoms with van der Waals surface area (Å²) in [6.45, 7) is 4.07. The van der Waals surface area contributed by atoms with Crippen LogP contribution in [0.2, 0.25) is 0 Å². The third-order valence-corrected chi connectivity index (χ3v) is 2.48. The lowest BCUT2D eigenvalue weighted by Crippen LogP contribution is -2.33. The van der Waals surface area contributed by atoms with E-state index < -0.39 is 17.8 Å². The maximum atomic E-state index is 13.4. The number of aliphatic hydroxyl groups is 1. The van der Waals surface area contributed by atoms with Crippen LogP contribution >= 0.6 is 0 Å². The van der Waals surface area contributed by atoms with Gasteiger partial charge in [-0.25, -0.2) is 4.39 Å². The summed E-state index contributed by atoms with van der Waals surface area (Å²) >= 11 is 0. The lowest BCUT2D eigenvalue weighted by Gasteiger charge is -2.14. The van der Waals surface area contributed by atoms with E-state index in [1.54, 1.807) is 0 Å². The van der Waals surface area contributed by atoms with Crippen LogP contribution in [-0.4, -0.2) is 23.7 Å². The highest BCUT2D eigenvalue weighted by atomic mass is 19.1. The Labute approximate surface area is 106 Å². The molecule has 0 aromatic heterocycles. The third-order valence-electron chi connectivity index (χ3n) is 2.48. The van der Waals surface area contributed by atoms with Crippen molar-refractivity contribution in [1.82, 2.24) is 5.32 Å². The van der Waals surface area contributed by atoms with Gasteiger partial charge in [0.2, 0.25) is 0 Å². The van der Waals surface area contributed by atoms with Crippen LogP contribution in [0.3, 0.4) is 0 Å². The summed E-state index contributed by atoms with van der Waals surface area (Å²) in [5, 5.41) is 12.1. The Hall–Kier alpha value is -1.62. The van der Waals surface area contributed by atoms with Crippen molar-refractivity contribution in [2.75, 3.05) is 12.3 Å². The first-order valence-corrected chi connectivity index (χ1v) is 5.91. The number of benzene rings is 1. The van der Waals surface area contributed by atoms with E-state index >= 15 is 0 Å². The molecule has 1 aromatic rings. The molecule has 0 aliphatic heterocycles. The van der Waals surface area contributed by atoms with E-state index in [4.69, 9.17) is 5.73 Å². The normalized spacial score (nSPS) is 12.5. The highest BCUT2D eigenvalue weighted by Gasteiger charge is 2.13. The highest BCUT2D eigenvalue weighted by Crippen LogP contribution is 2.11. The van der Waals surface area contributed by atoms with Gasteiger partial charge >= 0.3 is 0 Å². The molecule has 1 rings (SSSR count). The van der Waals surface area contributed by atoms with E-state index in [9.17, 15) is 14.3 Å². The monoisotopic (exact) mass is 254 g/mol. The van der Waals surface area contributed by atoms with E-state index in [1.165, 1.54) is 12.1 Å². The number of rotatable bonds is 5. The molecule has 1 atom stereocenters. The van der Waals surface area contributed by atoms with Crippen LogP contribution in [0.25, 0.3) is 0 Å². The number of carbonyl (C=O) groups excluding carboxylic acids is 1. The molecule has 0 saturated heterocycles. The fourth-order valence-corrected chi connectivity index (χ4v) is 1.65. The van der Waals surface area contributed by atoms with Crippen molar-refractivity contribution in [3.8, 4) is 0 Å². The van der Waals surface area contributed by atoms with Gasteiger partial charge in [-0.3, -0.25) is 4.79 Å². The molecule has 0 fully saturated rings. The van der Waals surface area contributed by atoms with Crippen molar-refractivity contribution in [3.63, 3.8) is 0 Å². The van der Waals surface area contributed by atoms with E-state index in [0.717, 1.165) is 6.07 Å². The van der Waals surface area contributed by atoms with Crippen LogP contribution in [-0.2, 0) is 0 Å². The van der Waals surface area contributed by atoms with Crippen LogP contribution in [0.4, 0.5) is 10.1 Å². The topological polar surface area (TPSA) is 75.3 Å². The molecule has 5 heteroatoms. The molecule has 1 unspecified atom stereocenters. The zero-order chi connectivity index (χ0) is 13.7. The van der Waals surface area contributed by atoms with Crippen molar-refractivity contribution in [2.24, 2.45) is 5.92 Å². The minimum absolute atomic E-state index is 0.0686. The number of carbonyl (C=O) groups is 1. The Balaban J connectivity index is 2.55. The Morgan fingerprint density at radius 2 is 2.17 bits per heavy atom. The molecule has 1 aromatic carbocycles. The standard InChI is InChI=1S/C13H19FN2O2/c1-8(2)5-10(17)7-16-13(18)11-4-3-9(15)6-12(11)14/h3-4,6,8,10,17H,5,7,15H2,1-2H3,(H,16,18). The minimum atomic E-state index is -0.661. The molecule has 0 aliphatic carbocycles. The molecule has 0 spiro atoms. The number of aliphatic hydroxyl groups excluding tert-OH is 1. The highest BCUT2D eigenvalue weighted by molar-refractivity contribution is 5.94. The molecule has 18 heavy (non-hydrogen) atoms. The first-order valence-electron chi connectivity index (χ1n) is 5.91. The minimum Gasteiger partial charge on any atom is -0.399 e. The van der Waals surface area contributed by atoms with Crippen molar-refractivity contribution >= 4 is 11.6 Å². The van der Waals surface area contributed by atoms with E-state index in [1.807, 2.05) is 13.8 Å². The summed E-state index contributed by atoms with van der Waals surface area (Å²) in [4.78, 5) is 11.7. The first-order chi connectivity index (χ1) is 8.40. The van der Waals surface area contributed by atoms with Gasteiger partial charge in [0, 0.05) is 12.2 Å². The fraction of sp³-hybridized carbons (Fsp3) is 0.462. The van der Waals surface area contributed by atoms with Crippen LogP contribution in [0, 0.1) is 11.7 Å². The van der Waals surface area contributed by atoms with Gasteiger partial charge in [-0.1, -0.05) is 13.8 Å². The maximum absolute atomic E-state index is 13.4. The number of amides is 1. The Bertz CT molecular complexity index is 421. The van der Waals surface area contributed by atoms with Crippen LogP contribution in [0.5, 0.6) is 0 Å². The molecule has 0 aliphatic rings. The second-order valence-electron chi connectivity index (χ2n) is 4.73. The molecule has 4 N–H and O–H groups in total. The van der Waals surface area contributed by atoms with Crippen molar-refractivity contribution in [3.05, 3.63) is 29.6 Å². The summed E-state index contributed by atoms with van der Waals surface area (Å²) < 4.78 is 13.4. The molecule has 0 saturated carbocycles. The molecule has 100 valence electrons. The predicted octanol–water partition coefficient (Wildman–Crippen LogP) is 1.54. The predicted molar refractivity (Wildman–Crippen MR) is 68.6 cm³/mol. The van der Waals surface area contributed by atoms with Gasteiger partial charge < -0.3 is 16.2 Å². The largest absolute Gasteiger partial charge is 0.399 e. The molecule has 1 amide bonds. The second kappa shape index (κ2) is 6.35. The zero-order valence-electron chi connectivity index (χ0n) is 10.6. The molecular formula is C13H19FN2O2. The van der Waals surface area contributed by atoms with Gasteiger partial charge in [-0.05, 0) is 30.5 Å². The summed E-state index contributed by atoms with van der Waals surface area (Å²) in [6.07, 6.45) is -0.0318. The van der Waals surface area contributed by atoms with Crippen LogP contribution in [0.1, 0.15) is 30.6 Å². The second-order valence-corrected chi connectivity index (χ2v) is 4.73. The number of halogens is 1. The maximum Gasteiger partial charge on any atom is 0.254 e. The van der Waals surface area contributed by atoms with Crippen LogP contribution < -0.4 is 11.1 Å². The van der Waals surface area contributed by atoms with E-state index in [0.29, 0.717) is 12.3 Å². The average Bonchev–Trinajstić information content (AvgIpc) is 2.25.